The highest BCUT2D eigenvalue weighted by atomic mass is 32.2. The van der Waals surface area contributed by atoms with Crippen LogP contribution in [0.1, 0.15) is 24.5 Å². The number of hydrogen-bond donors (Lipinski definition) is 2. The Morgan fingerprint density at radius 3 is 2.88 bits per heavy atom. The van der Waals surface area contributed by atoms with E-state index >= 15 is 0 Å². The molecule has 0 saturated heterocycles. The third-order valence-corrected chi connectivity index (χ3v) is 4.05. The van der Waals surface area contributed by atoms with E-state index < -0.39 is 0 Å². The maximum atomic E-state index is 3.40. The van der Waals surface area contributed by atoms with Crippen molar-refractivity contribution in [3.63, 3.8) is 0 Å². The van der Waals surface area contributed by atoms with E-state index in [1.165, 1.54) is 21.5 Å². The molecule has 2 N–H and O–H groups in total. The number of benzene rings is 1. The van der Waals surface area contributed by atoms with Gasteiger partial charge < -0.3 is 10.5 Å². The van der Waals surface area contributed by atoms with E-state index in [4.69, 9.17) is 0 Å². The zero-order valence-corrected chi connectivity index (χ0v) is 11.4. The van der Waals surface area contributed by atoms with E-state index in [0.717, 1.165) is 6.42 Å². The van der Waals surface area contributed by atoms with Crippen LogP contribution in [0.3, 0.4) is 0 Å². The van der Waals surface area contributed by atoms with Gasteiger partial charge in [-0.15, -0.1) is 0 Å². The minimum absolute atomic E-state index is 0.269. The molecule has 1 aromatic carbocycles. The van der Waals surface area contributed by atoms with E-state index in [1.54, 1.807) is 0 Å². The van der Waals surface area contributed by atoms with Crippen molar-refractivity contribution in [3.05, 3.63) is 40.4 Å². The molecular formula is C13H18BN2S. The zero-order chi connectivity index (χ0) is 12.3. The van der Waals surface area contributed by atoms with Crippen molar-refractivity contribution in [2.45, 2.75) is 32.7 Å². The first kappa shape index (κ1) is 12.6. The molecule has 1 atom stereocenters. The van der Waals surface area contributed by atoms with Crippen LogP contribution < -0.4 is 16.0 Å². The first-order valence-corrected chi connectivity index (χ1v) is 6.85. The second kappa shape index (κ2) is 5.65. The van der Waals surface area contributed by atoms with Crippen molar-refractivity contribution in [1.29, 1.82) is 0 Å². The highest BCUT2D eigenvalue weighted by molar-refractivity contribution is 8.03. The SMILES string of the molecule is CCC1=CNC(N[B]c2ccc(C)cc2C)S1. The molecule has 1 aliphatic rings. The molecule has 89 valence electrons. The van der Waals surface area contributed by atoms with Gasteiger partial charge in [0.25, 0.3) is 0 Å². The molecule has 2 nitrogen and oxygen atoms in total. The summed E-state index contributed by atoms with van der Waals surface area (Å²) in [5.41, 5.74) is 4.14. The Labute approximate surface area is 109 Å². The van der Waals surface area contributed by atoms with E-state index in [2.05, 4.69) is 63.1 Å². The Morgan fingerprint density at radius 2 is 2.24 bits per heavy atom. The molecule has 0 saturated carbocycles. The quantitative estimate of drug-likeness (QED) is 0.793. The van der Waals surface area contributed by atoms with Gasteiger partial charge in [0.1, 0.15) is 5.50 Å². The van der Waals surface area contributed by atoms with Crippen LogP contribution in [0.25, 0.3) is 0 Å². The Kier molecular flexibility index (Phi) is 4.18. The standard InChI is InChI=1S/C13H18BN2S/c1-4-11-8-15-13(17-11)16-14-12-6-5-9(2)7-10(12)3/h5-8,13,15-16H,4H2,1-3H3. The summed E-state index contributed by atoms with van der Waals surface area (Å²) in [6.45, 7) is 6.44. The van der Waals surface area contributed by atoms with Gasteiger partial charge in [-0.25, -0.2) is 0 Å². The van der Waals surface area contributed by atoms with Gasteiger partial charge in [-0.2, -0.15) is 0 Å². The number of rotatable bonds is 4. The van der Waals surface area contributed by atoms with E-state index in [1.807, 2.05) is 11.8 Å². The first-order chi connectivity index (χ1) is 8.19. The van der Waals surface area contributed by atoms with Crippen LogP contribution in [0.15, 0.2) is 29.3 Å². The molecular weight excluding hydrogens is 227 g/mol. The molecule has 1 unspecified atom stereocenters. The number of aryl methyl sites for hydroxylation is 2. The summed E-state index contributed by atoms with van der Waals surface area (Å²) in [6.07, 6.45) is 3.19. The van der Waals surface area contributed by atoms with Crippen molar-refractivity contribution in [3.8, 4) is 0 Å². The zero-order valence-electron chi connectivity index (χ0n) is 10.6. The number of allylic oxidation sites excluding steroid dienone is 1. The smallest absolute Gasteiger partial charge is 0.247 e. The summed E-state index contributed by atoms with van der Waals surface area (Å²) in [4.78, 5) is 1.40. The second-order valence-corrected chi connectivity index (χ2v) is 5.53. The second-order valence-electron chi connectivity index (χ2n) is 4.30. The average molecular weight is 245 g/mol. The van der Waals surface area contributed by atoms with E-state index in [-0.39, 0.29) is 5.50 Å². The Balaban J connectivity index is 1.87. The van der Waals surface area contributed by atoms with Crippen LogP contribution in [0.4, 0.5) is 0 Å². The van der Waals surface area contributed by atoms with Crippen LogP contribution in [0, 0.1) is 13.8 Å². The lowest BCUT2D eigenvalue weighted by atomic mass is 9.79. The third-order valence-electron chi connectivity index (χ3n) is 2.83. The number of thioether (sulfide) groups is 1. The lowest BCUT2D eigenvalue weighted by molar-refractivity contribution is 0.771. The fraction of sp³-hybridized carbons (Fsp3) is 0.385. The summed E-state index contributed by atoms with van der Waals surface area (Å²) in [5.74, 6) is 0. The predicted molar refractivity (Wildman–Crippen MR) is 77.3 cm³/mol. The molecule has 17 heavy (non-hydrogen) atoms. The van der Waals surface area contributed by atoms with Crippen LogP contribution in [0.2, 0.25) is 0 Å². The van der Waals surface area contributed by atoms with Crippen LogP contribution in [0.5, 0.6) is 0 Å². The lowest BCUT2D eigenvalue weighted by Crippen LogP contribution is -2.42. The maximum absolute atomic E-state index is 3.40. The van der Waals surface area contributed by atoms with E-state index in [0.29, 0.717) is 0 Å². The van der Waals surface area contributed by atoms with Crippen molar-refractivity contribution in [2.24, 2.45) is 0 Å². The summed E-state index contributed by atoms with van der Waals surface area (Å²) < 4.78 is 0. The van der Waals surface area contributed by atoms with Crippen LogP contribution in [-0.4, -0.2) is 12.9 Å². The van der Waals surface area contributed by atoms with Crippen LogP contribution >= 0.6 is 11.8 Å². The van der Waals surface area contributed by atoms with Gasteiger partial charge in [0.05, 0.1) is 0 Å². The summed E-state index contributed by atoms with van der Waals surface area (Å²) in [7, 11) is 2.09. The Morgan fingerprint density at radius 1 is 1.41 bits per heavy atom. The Hall–Kier alpha value is -0.865. The molecule has 0 spiro atoms. The molecule has 1 radical (unpaired) electrons. The summed E-state index contributed by atoms with van der Waals surface area (Å²) in [6, 6.07) is 6.51. The average Bonchev–Trinajstić information content (AvgIpc) is 2.76. The van der Waals surface area contributed by atoms with Gasteiger partial charge in [0.2, 0.25) is 7.41 Å². The highest BCUT2D eigenvalue weighted by Crippen LogP contribution is 2.25. The Bertz CT molecular complexity index is 431. The van der Waals surface area contributed by atoms with Gasteiger partial charge in [-0.05, 0) is 20.3 Å². The van der Waals surface area contributed by atoms with Gasteiger partial charge >= 0.3 is 0 Å². The molecule has 4 heteroatoms. The first-order valence-electron chi connectivity index (χ1n) is 5.97. The number of hydrogen-bond acceptors (Lipinski definition) is 3. The maximum Gasteiger partial charge on any atom is 0.247 e. The van der Waals surface area contributed by atoms with Crippen molar-refractivity contribution in [1.82, 2.24) is 10.5 Å². The fourth-order valence-corrected chi connectivity index (χ4v) is 2.69. The van der Waals surface area contributed by atoms with Gasteiger partial charge in [-0.3, -0.25) is 0 Å². The topological polar surface area (TPSA) is 24.1 Å². The molecule has 0 aliphatic carbocycles. The highest BCUT2D eigenvalue weighted by Gasteiger charge is 2.15. The van der Waals surface area contributed by atoms with Crippen molar-refractivity contribution in [2.75, 3.05) is 0 Å². The molecule has 1 aromatic rings. The predicted octanol–water partition coefficient (Wildman–Crippen LogP) is 2.01. The number of nitrogens with one attached hydrogen (secondary N) is 2. The van der Waals surface area contributed by atoms with Gasteiger partial charge in [-0.1, -0.05) is 53.5 Å². The monoisotopic (exact) mass is 245 g/mol. The third kappa shape index (κ3) is 3.30. The minimum Gasteiger partial charge on any atom is -0.367 e. The van der Waals surface area contributed by atoms with Crippen LogP contribution in [-0.2, 0) is 0 Å². The summed E-state index contributed by atoms with van der Waals surface area (Å²) >= 11 is 1.85. The molecule has 0 bridgehead atoms. The molecule has 1 aliphatic heterocycles. The van der Waals surface area contributed by atoms with E-state index in [9.17, 15) is 0 Å². The lowest BCUT2D eigenvalue weighted by Gasteiger charge is -2.13. The van der Waals surface area contributed by atoms with Crippen molar-refractivity contribution >= 4 is 24.6 Å². The minimum atomic E-state index is 0.269. The molecule has 0 aromatic heterocycles. The van der Waals surface area contributed by atoms with Gasteiger partial charge in [0, 0.05) is 11.1 Å². The largest absolute Gasteiger partial charge is 0.367 e. The molecule has 0 fully saturated rings. The normalized spacial score (nSPS) is 18.8. The fourth-order valence-electron chi connectivity index (χ4n) is 1.81. The molecule has 0 amide bonds. The van der Waals surface area contributed by atoms with Crippen molar-refractivity contribution < 1.29 is 0 Å². The molecule has 2 rings (SSSR count). The summed E-state index contributed by atoms with van der Waals surface area (Å²) in [5, 5.41) is 6.71. The van der Waals surface area contributed by atoms with Gasteiger partial charge in [0.15, 0.2) is 0 Å². The molecule has 1 heterocycles.